The molecule has 0 aromatic carbocycles. The third kappa shape index (κ3) is 2.68. The minimum Gasteiger partial charge on any atom is -0.396 e. The molecule has 1 unspecified atom stereocenters. The molecule has 0 spiro atoms. The highest BCUT2D eigenvalue weighted by molar-refractivity contribution is 7.99. The first-order chi connectivity index (χ1) is 8.26. The zero-order valence-corrected chi connectivity index (χ0v) is 11.3. The van der Waals surface area contributed by atoms with E-state index in [1.807, 2.05) is 6.26 Å². The predicted molar refractivity (Wildman–Crippen MR) is 72.7 cm³/mol. The number of rotatable bonds is 4. The summed E-state index contributed by atoms with van der Waals surface area (Å²) >= 11 is 2.99. The summed E-state index contributed by atoms with van der Waals surface area (Å²) in [7, 11) is 0. The predicted octanol–water partition coefficient (Wildman–Crippen LogP) is 2.51. The van der Waals surface area contributed by atoms with Crippen LogP contribution in [0.5, 0.6) is 0 Å². The number of nitriles is 1. The summed E-state index contributed by atoms with van der Waals surface area (Å²) in [5.41, 5.74) is 6.50. The van der Waals surface area contributed by atoms with E-state index in [1.165, 1.54) is 11.3 Å². The average molecular weight is 269 g/mol. The maximum absolute atomic E-state index is 8.95. The van der Waals surface area contributed by atoms with E-state index in [-0.39, 0.29) is 0 Å². The van der Waals surface area contributed by atoms with Crippen LogP contribution in [-0.4, -0.2) is 25.5 Å². The molecule has 0 saturated carbocycles. The maximum atomic E-state index is 8.95. The molecule has 4 nitrogen and oxygen atoms in total. The number of thiophene rings is 1. The molecule has 0 amide bonds. The number of ether oxygens (including phenoxy) is 1. The van der Waals surface area contributed by atoms with Gasteiger partial charge in [0.15, 0.2) is 0 Å². The van der Waals surface area contributed by atoms with Crippen molar-refractivity contribution in [2.45, 2.75) is 23.8 Å². The quantitative estimate of drug-likeness (QED) is 0.822. The zero-order chi connectivity index (χ0) is 12.3. The number of hydrogen-bond donors (Lipinski definition) is 2. The van der Waals surface area contributed by atoms with Crippen molar-refractivity contribution in [3.05, 3.63) is 4.88 Å². The minimum atomic E-state index is 0.290. The first-order valence-electron chi connectivity index (χ1n) is 5.48. The first-order valence-corrected chi connectivity index (χ1v) is 7.52. The lowest BCUT2D eigenvalue weighted by atomic mass is 10.2. The molecule has 2 rings (SSSR count). The second-order valence-electron chi connectivity index (χ2n) is 3.83. The van der Waals surface area contributed by atoms with E-state index in [1.54, 1.807) is 11.8 Å². The van der Waals surface area contributed by atoms with Crippen LogP contribution in [0.4, 0.5) is 10.7 Å². The molecule has 0 radical (unpaired) electrons. The SMILES string of the molecule is CSc1c(NCC2CCCO2)sc(C#N)c1N. The van der Waals surface area contributed by atoms with E-state index >= 15 is 0 Å². The summed E-state index contributed by atoms with van der Waals surface area (Å²) in [5.74, 6) is 0. The molecule has 1 aromatic rings. The van der Waals surface area contributed by atoms with Crippen molar-refractivity contribution >= 4 is 33.8 Å². The van der Waals surface area contributed by atoms with E-state index in [9.17, 15) is 0 Å². The van der Waals surface area contributed by atoms with Crippen LogP contribution in [0.25, 0.3) is 0 Å². The summed E-state index contributed by atoms with van der Waals surface area (Å²) < 4.78 is 5.55. The molecule has 17 heavy (non-hydrogen) atoms. The molecule has 1 saturated heterocycles. The van der Waals surface area contributed by atoms with Gasteiger partial charge in [0.1, 0.15) is 15.9 Å². The Bertz CT molecular complexity index is 433. The van der Waals surface area contributed by atoms with Gasteiger partial charge in [-0.2, -0.15) is 5.26 Å². The summed E-state index contributed by atoms with van der Waals surface area (Å²) in [6, 6.07) is 2.13. The van der Waals surface area contributed by atoms with Gasteiger partial charge in [-0.3, -0.25) is 0 Å². The molecule has 0 bridgehead atoms. The third-order valence-corrected chi connectivity index (χ3v) is 4.75. The van der Waals surface area contributed by atoms with Crippen molar-refractivity contribution in [1.82, 2.24) is 0 Å². The second-order valence-corrected chi connectivity index (χ2v) is 5.67. The van der Waals surface area contributed by atoms with Crippen LogP contribution in [0.1, 0.15) is 17.7 Å². The Morgan fingerprint density at radius 1 is 1.71 bits per heavy atom. The lowest BCUT2D eigenvalue weighted by molar-refractivity contribution is 0.120. The van der Waals surface area contributed by atoms with E-state index < -0.39 is 0 Å². The lowest BCUT2D eigenvalue weighted by Gasteiger charge is -2.11. The fourth-order valence-electron chi connectivity index (χ4n) is 1.84. The highest BCUT2D eigenvalue weighted by Crippen LogP contribution is 2.41. The number of thioether (sulfide) groups is 1. The molecule has 1 aromatic heterocycles. The van der Waals surface area contributed by atoms with Crippen LogP contribution < -0.4 is 11.1 Å². The molecule has 3 N–H and O–H groups in total. The smallest absolute Gasteiger partial charge is 0.131 e. The largest absolute Gasteiger partial charge is 0.396 e. The van der Waals surface area contributed by atoms with Gasteiger partial charge in [0.05, 0.1) is 16.7 Å². The van der Waals surface area contributed by atoms with Gasteiger partial charge in [0, 0.05) is 13.2 Å². The number of hydrogen-bond acceptors (Lipinski definition) is 6. The van der Waals surface area contributed by atoms with Gasteiger partial charge in [-0.05, 0) is 19.1 Å². The van der Waals surface area contributed by atoms with Gasteiger partial charge in [0.25, 0.3) is 0 Å². The second kappa shape index (κ2) is 5.63. The van der Waals surface area contributed by atoms with Crippen molar-refractivity contribution in [2.24, 2.45) is 0 Å². The third-order valence-electron chi connectivity index (χ3n) is 2.72. The molecule has 2 heterocycles. The van der Waals surface area contributed by atoms with Crippen LogP contribution >= 0.6 is 23.1 Å². The van der Waals surface area contributed by atoms with Crippen molar-refractivity contribution < 1.29 is 4.74 Å². The van der Waals surface area contributed by atoms with Gasteiger partial charge in [-0.15, -0.1) is 23.1 Å². The first kappa shape index (κ1) is 12.6. The standard InChI is InChI=1S/C11H15N3OS2/c1-16-10-9(13)8(5-12)17-11(10)14-6-7-3-2-4-15-7/h7,14H,2-4,6,13H2,1H3. The highest BCUT2D eigenvalue weighted by atomic mass is 32.2. The zero-order valence-electron chi connectivity index (χ0n) is 9.66. The van der Waals surface area contributed by atoms with Crippen molar-refractivity contribution in [2.75, 3.05) is 30.5 Å². The molecular formula is C11H15N3OS2. The molecular weight excluding hydrogens is 254 g/mol. The Balaban J connectivity index is 2.06. The molecule has 1 aliphatic rings. The Hall–Kier alpha value is -0.900. The number of nitrogens with two attached hydrogens (primary N) is 1. The van der Waals surface area contributed by atoms with Gasteiger partial charge >= 0.3 is 0 Å². The number of nitrogens with one attached hydrogen (secondary N) is 1. The van der Waals surface area contributed by atoms with Crippen LogP contribution in [0.3, 0.4) is 0 Å². The fourth-order valence-corrected chi connectivity index (χ4v) is 3.68. The van der Waals surface area contributed by atoms with Crippen LogP contribution in [0.15, 0.2) is 4.90 Å². The van der Waals surface area contributed by atoms with Gasteiger partial charge in [-0.25, -0.2) is 0 Å². The number of anilines is 2. The summed E-state index contributed by atoms with van der Waals surface area (Å²) in [6.45, 7) is 1.65. The fraction of sp³-hybridized carbons (Fsp3) is 0.545. The van der Waals surface area contributed by atoms with Crippen LogP contribution in [-0.2, 0) is 4.74 Å². The maximum Gasteiger partial charge on any atom is 0.131 e. The van der Waals surface area contributed by atoms with E-state index in [4.69, 9.17) is 15.7 Å². The lowest BCUT2D eigenvalue weighted by Crippen LogP contribution is -2.18. The molecule has 92 valence electrons. The number of nitrogen functional groups attached to an aromatic ring is 1. The summed E-state index contributed by atoms with van der Waals surface area (Å²) in [5, 5.41) is 13.3. The highest BCUT2D eigenvalue weighted by Gasteiger charge is 2.18. The summed E-state index contributed by atoms with van der Waals surface area (Å²) in [6.07, 6.45) is 4.50. The van der Waals surface area contributed by atoms with Crippen molar-refractivity contribution in [3.63, 3.8) is 0 Å². The van der Waals surface area contributed by atoms with Crippen molar-refractivity contribution in [3.8, 4) is 6.07 Å². The van der Waals surface area contributed by atoms with Gasteiger partial charge in [0.2, 0.25) is 0 Å². The van der Waals surface area contributed by atoms with Crippen LogP contribution in [0.2, 0.25) is 0 Å². The normalized spacial score (nSPS) is 19.2. The Morgan fingerprint density at radius 2 is 2.53 bits per heavy atom. The monoisotopic (exact) mass is 269 g/mol. The van der Waals surface area contributed by atoms with E-state index in [0.717, 1.165) is 35.9 Å². The Morgan fingerprint density at radius 3 is 3.12 bits per heavy atom. The minimum absolute atomic E-state index is 0.290. The van der Waals surface area contributed by atoms with Crippen LogP contribution in [0, 0.1) is 11.3 Å². The molecule has 0 aliphatic carbocycles. The Labute approximate surface area is 109 Å². The van der Waals surface area contributed by atoms with Crippen molar-refractivity contribution in [1.29, 1.82) is 5.26 Å². The van der Waals surface area contributed by atoms with E-state index in [0.29, 0.717) is 16.7 Å². The molecule has 1 fully saturated rings. The van der Waals surface area contributed by atoms with Gasteiger partial charge in [-0.1, -0.05) is 0 Å². The van der Waals surface area contributed by atoms with E-state index in [2.05, 4.69) is 11.4 Å². The molecule has 1 aliphatic heterocycles. The average Bonchev–Trinajstić information content (AvgIpc) is 2.94. The Kier molecular flexibility index (Phi) is 4.15. The molecule has 6 heteroatoms. The summed E-state index contributed by atoms with van der Waals surface area (Å²) in [4.78, 5) is 1.56. The number of nitrogens with zero attached hydrogens (tertiary/aromatic N) is 1. The molecule has 1 atom stereocenters. The topological polar surface area (TPSA) is 71.1 Å². The van der Waals surface area contributed by atoms with Gasteiger partial charge < -0.3 is 15.8 Å².